The van der Waals surface area contributed by atoms with Crippen molar-refractivity contribution in [3.8, 4) is 0 Å². The minimum Gasteiger partial charge on any atom is -0.282 e. The van der Waals surface area contributed by atoms with Gasteiger partial charge < -0.3 is 0 Å². The maximum absolute atomic E-state index is 12.6. The predicted molar refractivity (Wildman–Crippen MR) is 68.4 cm³/mol. The molecular weight excluding hydrogens is 295 g/mol. The number of sulfone groups is 1. The van der Waals surface area contributed by atoms with E-state index in [0.717, 1.165) is 12.3 Å². The smallest absolute Gasteiger partial charge is 0.235 e. The Morgan fingerprint density at radius 3 is 2.42 bits per heavy atom. The molecule has 0 saturated carbocycles. The summed E-state index contributed by atoms with van der Waals surface area (Å²) in [5.74, 6) is -0.952. The number of aromatic nitrogens is 1. The van der Waals surface area contributed by atoms with Crippen LogP contribution in [-0.2, 0) is 19.9 Å². The lowest BCUT2D eigenvalue weighted by atomic mass is 10.2. The standard InChI is InChI=1S/C10H13FN2O4S2/c11-10-2-1-8(7-12-10)13-19(16,17)9-3-5-18(14,15)6-4-9/h1-2,7,9,13H,3-6H2. The summed E-state index contributed by atoms with van der Waals surface area (Å²) in [6.07, 6.45) is 1.23. The van der Waals surface area contributed by atoms with Crippen molar-refractivity contribution >= 4 is 25.5 Å². The van der Waals surface area contributed by atoms with E-state index in [1.54, 1.807) is 0 Å². The zero-order valence-electron chi connectivity index (χ0n) is 9.91. The first kappa shape index (κ1) is 14.2. The van der Waals surface area contributed by atoms with Crippen LogP contribution in [0.15, 0.2) is 18.3 Å². The molecule has 1 aliphatic rings. The lowest BCUT2D eigenvalue weighted by Crippen LogP contribution is -2.36. The summed E-state index contributed by atoms with van der Waals surface area (Å²) >= 11 is 0. The second kappa shape index (κ2) is 5.04. The van der Waals surface area contributed by atoms with E-state index in [0.29, 0.717) is 0 Å². The van der Waals surface area contributed by atoms with Crippen molar-refractivity contribution in [2.45, 2.75) is 18.1 Å². The van der Waals surface area contributed by atoms with Crippen LogP contribution in [-0.4, -0.2) is 38.6 Å². The highest BCUT2D eigenvalue weighted by molar-refractivity contribution is 7.94. The largest absolute Gasteiger partial charge is 0.282 e. The molecule has 0 spiro atoms. The van der Waals surface area contributed by atoms with Crippen molar-refractivity contribution in [3.63, 3.8) is 0 Å². The van der Waals surface area contributed by atoms with Gasteiger partial charge in [0.15, 0.2) is 0 Å². The Labute approximate surface area is 111 Å². The Morgan fingerprint density at radius 2 is 1.89 bits per heavy atom. The van der Waals surface area contributed by atoms with E-state index in [9.17, 15) is 21.2 Å². The van der Waals surface area contributed by atoms with Crippen LogP contribution in [0.25, 0.3) is 0 Å². The number of nitrogens with one attached hydrogen (secondary N) is 1. The molecule has 1 fully saturated rings. The summed E-state index contributed by atoms with van der Waals surface area (Å²) in [5.41, 5.74) is 0.162. The van der Waals surface area contributed by atoms with Crippen LogP contribution in [0.3, 0.4) is 0 Å². The molecule has 0 atom stereocenters. The van der Waals surface area contributed by atoms with Crippen LogP contribution in [0.2, 0.25) is 0 Å². The van der Waals surface area contributed by atoms with E-state index in [1.165, 1.54) is 6.07 Å². The number of sulfonamides is 1. The number of rotatable bonds is 3. The van der Waals surface area contributed by atoms with Crippen molar-refractivity contribution in [2.75, 3.05) is 16.2 Å². The van der Waals surface area contributed by atoms with Crippen LogP contribution in [0, 0.1) is 5.95 Å². The Bertz CT molecular complexity index is 641. The molecule has 0 radical (unpaired) electrons. The Hall–Kier alpha value is -1.22. The summed E-state index contributed by atoms with van der Waals surface area (Å²) in [7, 11) is -6.78. The molecular formula is C10H13FN2O4S2. The summed E-state index contributed by atoms with van der Waals surface area (Å²) in [5, 5.41) is -0.749. The molecule has 0 aromatic carbocycles. The molecule has 2 rings (SSSR count). The number of anilines is 1. The Morgan fingerprint density at radius 1 is 1.26 bits per heavy atom. The summed E-state index contributed by atoms with van der Waals surface area (Å²) < 4.78 is 61.4. The predicted octanol–water partition coefficient (Wildman–Crippen LogP) is 0.540. The van der Waals surface area contributed by atoms with E-state index in [4.69, 9.17) is 0 Å². The molecule has 1 aliphatic heterocycles. The van der Waals surface area contributed by atoms with Gasteiger partial charge in [-0.25, -0.2) is 21.8 Å². The molecule has 1 saturated heterocycles. The minimum absolute atomic E-state index is 0.0757. The topological polar surface area (TPSA) is 93.2 Å². The average molecular weight is 308 g/mol. The number of hydrogen-bond donors (Lipinski definition) is 1. The van der Waals surface area contributed by atoms with Crippen molar-refractivity contribution in [3.05, 3.63) is 24.3 Å². The lowest BCUT2D eigenvalue weighted by molar-refractivity contribution is 0.555. The molecule has 0 bridgehead atoms. The normalized spacial score (nSPS) is 20.1. The first-order valence-electron chi connectivity index (χ1n) is 5.62. The number of halogens is 1. The molecule has 9 heteroatoms. The fourth-order valence-electron chi connectivity index (χ4n) is 1.86. The average Bonchev–Trinajstić information content (AvgIpc) is 2.31. The van der Waals surface area contributed by atoms with Crippen LogP contribution >= 0.6 is 0 Å². The zero-order valence-corrected chi connectivity index (χ0v) is 11.5. The number of hydrogen-bond acceptors (Lipinski definition) is 5. The van der Waals surface area contributed by atoms with Gasteiger partial charge >= 0.3 is 0 Å². The highest BCUT2D eigenvalue weighted by Crippen LogP contribution is 2.21. The van der Waals surface area contributed by atoms with Gasteiger partial charge in [-0.15, -0.1) is 0 Å². The van der Waals surface area contributed by atoms with Crippen molar-refractivity contribution in [2.24, 2.45) is 0 Å². The first-order valence-corrected chi connectivity index (χ1v) is 8.99. The molecule has 0 amide bonds. The summed E-state index contributed by atoms with van der Waals surface area (Å²) in [6, 6.07) is 2.31. The molecule has 0 aliphatic carbocycles. The zero-order chi connectivity index (χ0) is 14.1. The van der Waals surface area contributed by atoms with E-state index >= 15 is 0 Å². The maximum atomic E-state index is 12.6. The van der Waals surface area contributed by atoms with Crippen LogP contribution < -0.4 is 4.72 Å². The van der Waals surface area contributed by atoms with Gasteiger partial charge in [-0.2, -0.15) is 4.39 Å². The molecule has 106 valence electrons. The van der Waals surface area contributed by atoms with Gasteiger partial charge in [-0.05, 0) is 25.0 Å². The molecule has 19 heavy (non-hydrogen) atoms. The second-order valence-corrected chi connectivity index (χ2v) is 8.63. The molecule has 0 unspecified atom stereocenters. The van der Waals surface area contributed by atoms with Crippen LogP contribution in [0.1, 0.15) is 12.8 Å². The quantitative estimate of drug-likeness (QED) is 0.823. The third-order valence-electron chi connectivity index (χ3n) is 2.93. The third-order valence-corrected chi connectivity index (χ3v) is 6.51. The summed E-state index contributed by atoms with van der Waals surface area (Å²) in [4.78, 5) is 3.34. The fraction of sp³-hybridized carbons (Fsp3) is 0.500. The molecule has 1 aromatic rings. The first-order chi connectivity index (χ1) is 8.78. The van der Waals surface area contributed by atoms with E-state index in [1.807, 2.05) is 0 Å². The van der Waals surface area contributed by atoms with Gasteiger partial charge in [0, 0.05) is 0 Å². The highest BCUT2D eigenvalue weighted by atomic mass is 32.2. The lowest BCUT2D eigenvalue weighted by Gasteiger charge is -2.22. The number of nitrogens with zero attached hydrogens (tertiary/aromatic N) is 1. The highest BCUT2D eigenvalue weighted by Gasteiger charge is 2.32. The minimum atomic E-state index is -3.68. The number of pyridine rings is 1. The van der Waals surface area contributed by atoms with Gasteiger partial charge in [0.05, 0.1) is 28.6 Å². The van der Waals surface area contributed by atoms with Crippen molar-refractivity contribution < 1.29 is 21.2 Å². The van der Waals surface area contributed by atoms with Gasteiger partial charge in [0.2, 0.25) is 16.0 Å². The van der Waals surface area contributed by atoms with Gasteiger partial charge in [0.1, 0.15) is 9.84 Å². The Kier molecular flexibility index (Phi) is 3.77. The fourth-order valence-corrected chi connectivity index (χ4v) is 5.12. The van der Waals surface area contributed by atoms with Crippen molar-refractivity contribution in [1.29, 1.82) is 0 Å². The van der Waals surface area contributed by atoms with Crippen LogP contribution in [0.4, 0.5) is 10.1 Å². The van der Waals surface area contributed by atoms with Gasteiger partial charge in [-0.1, -0.05) is 0 Å². The molecule has 6 nitrogen and oxygen atoms in total. The molecule has 1 aromatic heterocycles. The van der Waals surface area contributed by atoms with Crippen molar-refractivity contribution in [1.82, 2.24) is 4.98 Å². The summed E-state index contributed by atoms with van der Waals surface area (Å²) in [6.45, 7) is 0. The van der Waals surface area contributed by atoms with E-state index in [2.05, 4.69) is 9.71 Å². The van der Waals surface area contributed by atoms with Gasteiger partial charge in [-0.3, -0.25) is 4.72 Å². The van der Waals surface area contributed by atoms with Gasteiger partial charge in [0.25, 0.3) is 0 Å². The molecule has 1 N–H and O–H groups in total. The molecule has 2 heterocycles. The third kappa shape index (κ3) is 3.63. The SMILES string of the molecule is O=S1(=O)CCC(S(=O)(=O)Nc2ccc(F)nc2)CC1. The van der Waals surface area contributed by atoms with Crippen LogP contribution in [0.5, 0.6) is 0 Å². The maximum Gasteiger partial charge on any atom is 0.235 e. The Balaban J connectivity index is 2.09. The van der Waals surface area contributed by atoms with E-state index in [-0.39, 0.29) is 30.0 Å². The van der Waals surface area contributed by atoms with E-state index < -0.39 is 31.1 Å². The monoisotopic (exact) mass is 308 g/mol. The second-order valence-electron chi connectivity index (χ2n) is 4.37.